The van der Waals surface area contributed by atoms with E-state index in [0.29, 0.717) is 17.9 Å². The normalized spacial score (nSPS) is 23.7. The van der Waals surface area contributed by atoms with E-state index < -0.39 is 15.1 Å². The van der Waals surface area contributed by atoms with E-state index in [9.17, 15) is 8.42 Å². The van der Waals surface area contributed by atoms with Crippen molar-refractivity contribution in [2.24, 2.45) is 12.9 Å². The van der Waals surface area contributed by atoms with Gasteiger partial charge in [0.25, 0.3) is 0 Å². The van der Waals surface area contributed by atoms with Crippen LogP contribution in [-0.2, 0) is 23.3 Å². The minimum atomic E-state index is -3.09. The Bertz CT molecular complexity index is 585. The molecular formula is C12H21ClN4O2S. The standard InChI is InChI=1S/C12H21ClN4O2S/c1-8-12(13)10(17(2)16-8)7-9(15-14)11-5-3-4-6-20(11,18)19/h9,11,15H,3-7,14H2,1-2H3. The van der Waals surface area contributed by atoms with Crippen LogP contribution in [0.25, 0.3) is 0 Å². The fourth-order valence-corrected chi connectivity index (χ4v) is 5.19. The van der Waals surface area contributed by atoms with Gasteiger partial charge in [-0.15, -0.1) is 0 Å². The molecule has 1 fully saturated rings. The number of halogens is 1. The van der Waals surface area contributed by atoms with E-state index in [2.05, 4.69) is 10.5 Å². The molecular weight excluding hydrogens is 300 g/mol. The summed E-state index contributed by atoms with van der Waals surface area (Å²) in [6.07, 6.45) is 2.75. The van der Waals surface area contributed by atoms with Crippen LogP contribution in [0.15, 0.2) is 0 Å². The molecule has 6 nitrogen and oxygen atoms in total. The fourth-order valence-electron chi connectivity index (χ4n) is 2.84. The van der Waals surface area contributed by atoms with Gasteiger partial charge in [0.2, 0.25) is 0 Å². The van der Waals surface area contributed by atoms with Crippen molar-refractivity contribution in [1.82, 2.24) is 15.2 Å². The lowest BCUT2D eigenvalue weighted by atomic mass is 10.0. The van der Waals surface area contributed by atoms with E-state index in [-0.39, 0.29) is 11.8 Å². The number of nitrogens with two attached hydrogens (primary N) is 1. The smallest absolute Gasteiger partial charge is 0.154 e. The Morgan fingerprint density at radius 2 is 2.25 bits per heavy atom. The molecule has 3 N–H and O–H groups in total. The molecule has 2 unspecified atom stereocenters. The number of nitrogens with zero attached hydrogens (tertiary/aromatic N) is 2. The van der Waals surface area contributed by atoms with Crippen molar-refractivity contribution in [1.29, 1.82) is 0 Å². The minimum Gasteiger partial charge on any atom is -0.271 e. The van der Waals surface area contributed by atoms with Crippen molar-refractivity contribution >= 4 is 21.4 Å². The molecule has 2 heterocycles. The summed E-state index contributed by atoms with van der Waals surface area (Å²) >= 11 is 6.22. The SMILES string of the molecule is Cc1nn(C)c(CC(NN)C2CCCCS2(=O)=O)c1Cl. The highest BCUT2D eigenvalue weighted by Crippen LogP contribution is 2.26. The molecule has 0 aliphatic carbocycles. The van der Waals surface area contributed by atoms with Crippen LogP contribution >= 0.6 is 11.6 Å². The van der Waals surface area contributed by atoms with Gasteiger partial charge in [-0.1, -0.05) is 18.0 Å². The average Bonchev–Trinajstić information content (AvgIpc) is 2.62. The fraction of sp³-hybridized carbons (Fsp3) is 0.750. The second kappa shape index (κ2) is 6.01. The summed E-state index contributed by atoms with van der Waals surface area (Å²) < 4.78 is 26.1. The van der Waals surface area contributed by atoms with E-state index in [0.717, 1.165) is 24.2 Å². The highest BCUT2D eigenvalue weighted by atomic mass is 35.5. The van der Waals surface area contributed by atoms with Crippen molar-refractivity contribution in [2.75, 3.05) is 5.75 Å². The second-order valence-corrected chi connectivity index (χ2v) is 8.07. The Labute approximate surface area is 124 Å². The van der Waals surface area contributed by atoms with Gasteiger partial charge in [-0.2, -0.15) is 5.10 Å². The summed E-state index contributed by atoms with van der Waals surface area (Å²) in [6, 6.07) is -0.340. The van der Waals surface area contributed by atoms with Crippen LogP contribution in [0.2, 0.25) is 5.02 Å². The van der Waals surface area contributed by atoms with Gasteiger partial charge in [-0.3, -0.25) is 16.0 Å². The molecule has 1 aliphatic heterocycles. The molecule has 0 saturated carbocycles. The quantitative estimate of drug-likeness (QED) is 0.630. The first-order valence-electron chi connectivity index (χ1n) is 6.72. The average molecular weight is 321 g/mol. The van der Waals surface area contributed by atoms with E-state index in [1.807, 2.05) is 6.92 Å². The first-order chi connectivity index (χ1) is 9.36. The van der Waals surface area contributed by atoms with Crippen LogP contribution in [0.5, 0.6) is 0 Å². The Kier molecular flexibility index (Phi) is 4.73. The topological polar surface area (TPSA) is 90.0 Å². The molecule has 2 atom stereocenters. The maximum Gasteiger partial charge on any atom is 0.154 e. The molecule has 8 heteroatoms. The van der Waals surface area contributed by atoms with Crippen molar-refractivity contribution in [3.05, 3.63) is 16.4 Å². The van der Waals surface area contributed by atoms with Gasteiger partial charge in [-0.25, -0.2) is 8.42 Å². The Morgan fingerprint density at radius 3 is 2.75 bits per heavy atom. The molecule has 1 aromatic heterocycles. The number of hydrazine groups is 1. The van der Waals surface area contributed by atoms with Crippen molar-refractivity contribution < 1.29 is 8.42 Å². The summed E-state index contributed by atoms with van der Waals surface area (Å²) in [7, 11) is -1.29. The third-order valence-electron chi connectivity index (χ3n) is 3.97. The summed E-state index contributed by atoms with van der Waals surface area (Å²) in [4.78, 5) is 0. The van der Waals surface area contributed by atoms with Gasteiger partial charge in [-0.05, 0) is 19.8 Å². The molecule has 0 aromatic carbocycles. The molecule has 0 spiro atoms. The zero-order chi connectivity index (χ0) is 14.9. The first kappa shape index (κ1) is 15.8. The molecule has 1 aromatic rings. The molecule has 2 rings (SSSR count). The minimum absolute atomic E-state index is 0.244. The van der Waals surface area contributed by atoms with Gasteiger partial charge in [0.1, 0.15) is 0 Å². The molecule has 1 aliphatic rings. The van der Waals surface area contributed by atoms with Crippen LogP contribution in [0, 0.1) is 6.92 Å². The van der Waals surface area contributed by atoms with E-state index in [1.165, 1.54) is 0 Å². The maximum atomic E-state index is 12.2. The van der Waals surface area contributed by atoms with Crippen molar-refractivity contribution in [3.63, 3.8) is 0 Å². The lowest BCUT2D eigenvalue weighted by Gasteiger charge is -2.29. The predicted octanol–water partition coefficient (Wildman–Crippen LogP) is 0.724. The Hall–Kier alpha value is -0.630. The molecule has 114 valence electrons. The number of aryl methyl sites for hydroxylation is 2. The summed E-state index contributed by atoms with van der Waals surface area (Å²) in [5, 5.41) is 4.38. The molecule has 0 radical (unpaired) electrons. The molecule has 0 amide bonds. The van der Waals surface area contributed by atoms with E-state index in [4.69, 9.17) is 17.4 Å². The van der Waals surface area contributed by atoms with E-state index >= 15 is 0 Å². The van der Waals surface area contributed by atoms with Crippen LogP contribution < -0.4 is 11.3 Å². The Morgan fingerprint density at radius 1 is 1.55 bits per heavy atom. The number of sulfone groups is 1. The summed E-state index contributed by atoms with van der Waals surface area (Å²) in [5.74, 6) is 5.84. The number of hydrogen-bond acceptors (Lipinski definition) is 5. The second-order valence-electron chi connectivity index (χ2n) is 5.35. The lowest BCUT2D eigenvalue weighted by Crippen LogP contribution is -2.50. The van der Waals surface area contributed by atoms with Crippen LogP contribution in [-0.4, -0.2) is 35.2 Å². The largest absolute Gasteiger partial charge is 0.271 e. The third-order valence-corrected chi connectivity index (χ3v) is 6.80. The molecule has 0 bridgehead atoms. The lowest BCUT2D eigenvalue weighted by molar-refractivity contribution is 0.433. The molecule has 20 heavy (non-hydrogen) atoms. The van der Waals surface area contributed by atoms with Gasteiger partial charge in [0.15, 0.2) is 9.84 Å². The van der Waals surface area contributed by atoms with Crippen LogP contribution in [0.3, 0.4) is 0 Å². The van der Waals surface area contributed by atoms with Crippen LogP contribution in [0.1, 0.15) is 30.7 Å². The summed E-state index contributed by atoms with van der Waals surface area (Å²) in [6.45, 7) is 1.83. The monoisotopic (exact) mass is 320 g/mol. The first-order valence-corrected chi connectivity index (χ1v) is 8.82. The van der Waals surface area contributed by atoms with Gasteiger partial charge < -0.3 is 0 Å². The molecule has 1 saturated heterocycles. The van der Waals surface area contributed by atoms with Crippen molar-refractivity contribution in [3.8, 4) is 0 Å². The number of aromatic nitrogens is 2. The van der Waals surface area contributed by atoms with Crippen LogP contribution in [0.4, 0.5) is 0 Å². The third kappa shape index (κ3) is 3.00. The predicted molar refractivity (Wildman–Crippen MR) is 79.2 cm³/mol. The van der Waals surface area contributed by atoms with Gasteiger partial charge in [0.05, 0.1) is 27.4 Å². The van der Waals surface area contributed by atoms with Gasteiger partial charge in [0, 0.05) is 19.5 Å². The number of rotatable bonds is 4. The zero-order valence-corrected chi connectivity index (χ0v) is 13.3. The van der Waals surface area contributed by atoms with Gasteiger partial charge >= 0.3 is 0 Å². The highest BCUT2D eigenvalue weighted by molar-refractivity contribution is 7.92. The van der Waals surface area contributed by atoms with E-state index in [1.54, 1.807) is 11.7 Å². The van der Waals surface area contributed by atoms with Crippen molar-refractivity contribution in [2.45, 2.75) is 43.9 Å². The number of nitrogens with one attached hydrogen (secondary N) is 1. The summed E-state index contributed by atoms with van der Waals surface area (Å²) in [5.41, 5.74) is 4.22. The highest BCUT2D eigenvalue weighted by Gasteiger charge is 2.36. The zero-order valence-electron chi connectivity index (χ0n) is 11.8. The maximum absolute atomic E-state index is 12.2. The Balaban J connectivity index is 2.25. The number of hydrogen-bond donors (Lipinski definition) is 2.